The summed E-state index contributed by atoms with van der Waals surface area (Å²) < 4.78 is 4.78. The van der Waals surface area contributed by atoms with Crippen LogP contribution in [0.2, 0.25) is 0 Å². The molecule has 0 fully saturated rings. The van der Waals surface area contributed by atoms with Crippen LogP contribution in [0, 0.1) is 0 Å². The van der Waals surface area contributed by atoms with Crippen molar-refractivity contribution in [2.75, 3.05) is 6.61 Å². The Morgan fingerprint density at radius 1 is 1.69 bits per heavy atom. The number of hydrogen-bond donors (Lipinski definition) is 2. The Bertz CT molecular complexity index is 228. The van der Waals surface area contributed by atoms with E-state index in [-0.39, 0.29) is 10.1 Å². The molecule has 0 aliphatic heterocycles. The van der Waals surface area contributed by atoms with Crippen LogP contribution in [0.5, 0.6) is 0 Å². The minimum atomic E-state index is -0.569. The summed E-state index contributed by atoms with van der Waals surface area (Å²) in [6, 6.07) is 0. The summed E-state index contributed by atoms with van der Waals surface area (Å²) in [6.45, 7) is 5.64. The van der Waals surface area contributed by atoms with Crippen LogP contribution in [0.1, 0.15) is 13.3 Å². The fourth-order valence-electron chi connectivity index (χ4n) is 0.501. The van der Waals surface area contributed by atoms with Crippen molar-refractivity contribution in [3.05, 3.63) is 11.6 Å². The Labute approximate surface area is 81.2 Å². The van der Waals surface area contributed by atoms with Crippen LogP contribution < -0.4 is 11.6 Å². The van der Waals surface area contributed by atoms with E-state index in [1.54, 1.807) is 0 Å². The second kappa shape index (κ2) is 6.36. The third-order valence-corrected chi connectivity index (χ3v) is 1.68. The van der Waals surface area contributed by atoms with Crippen LogP contribution >= 0.6 is 11.8 Å². The molecule has 0 saturated heterocycles. The van der Waals surface area contributed by atoms with Gasteiger partial charge in [-0.15, -0.1) is 0 Å². The van der Waals surface area contributed by atoms with Crippen LogP contribution in [-0.4, -0.2) is 17.6 Å². The summed E-state index contributed by atoms with van der Waals surface area (Å²) >= 11 is 0.892. The van der Waals surface area contributed by atoms with Gasteiger partial charge in [-0.25, -0.2) is 4.79 Å². The van der Waals surface area contributed by atoms with Gasteiger partial charge in [0.25, 0.3) is 0 Å². The molecular formula is C7H13N3O2S. The van der Waals surface area contributed by atoms with Crippen molar-refractivity contribution >= 4 is 22.8 Å². The minimum absolute atomic E-state index is 0.0148. The predicted octanol–water partition coefficient (Wildman–Crippen LogP) is 0.375. The lowest BCUT2D eigenvalue weighted by atomic mass is 10.5. The monoisotopic (exact) mass is 203 g/mol. The fraction of sp³-hybridized carbons (Fsp3) is 0.429. The first-order chi connectivity index (χ1) is 6.11. The predicted molar refractivity (Wildman–Crippen MR) is 53.8 cm³/mol. The van der Waals surface area contributed by atoms with Gasteiger partial charge in [0.1, 0.15) is 0 Å². The van der Waals surface area contributed by atoms with E-state index in [4.69, 9.17) is 16.3 Å². The first-order valence-corrected chi connectivity index (χ1v) is 4.50. The molecule has 0 amide bonds. The standard InChI is InChI=1S/C7H13N3O2S/c1-3-4-12-7(11)6(10-9)13-5(2)8/h2-4,8-9H2,1H3/b10-6-. The summed E-state index contributed by atoms with van der Waals surface area (Å²) in [5.41, 5.74) is 5.26. The van der Waals surface area contributed by atoms with Gasteiger partial charge in [-0.2, -0.15) is 5.10 Å². The zero-order valence-corrected chi connectivity index (χ0v) is 8.26. The highest BCUT2D eigenvalue weighted by molar-refractivity contribution is 8.18. The quantitative estimate of drug-likeness (QED) is 0.227. The lowest BCUT2D eigenvalue weighted by molar-refractivity contribution is -0.135. The molecule has 0 saturated carbocycles. The molecule has 0 aromatic heterocycles. The molecule has 0 bridgehead atoms. The van der Waals surface area contributed by atoms with Gasteiger partial charge in [-0.3, -0.25) is 0 Å². The molecule has 0 unspecified atom stereocenters. The molecule has 74 valence electrons. The van der Waals surface area contributed by atoms with E-state index < -0.39 is 5.97 Å². The number of carbonyl (C=O) groups is 1. The molecule has 0 heterocycles. The molecule has 0 aromatic carbocycles. The van der Waals surface area contributed by atoms with Gasteiger partial charge < -0.3 is 16.3 Å². The average molecular weight is 203 g/mol. The molecule has 0 spiro atoms. The molecule has 13 heavy (non-hydrogen) atoms. The summed E-state index contributed by atoms with van der Waals surface area (Å²) in [5, 5.41) is 3.51. The van der Waals surface area contributed by atoms with Crippen molar-refractivity contribution in [2.45, 2.75) is 13.3 Å². The molecular weight excluding hydrogens is 190 g/mol. The number of rotatable bonds is 3. The van der Waals surface area contributed by atoms with Crippen LogP contribution in [0.4, 0.5) is 0 Å². The molecule has 0 aliphatic rings. The van der Waals surface area contributed by atoms with Crippen molar-refractivity contribution in [3.8, 4) is 0 Å². The molecule has 5 nitrogen and oxygen atoms in total. The van der Waals surface area contributed by atoms with E-state index in [9.17, 15) is 4.79 Å². The van der Waals surface area contributed by atoms with Gasteiger partial charge >= 0.3 is 5.97 Å². The number of hydrazone groups is 1. The summed E-state index contributed by atoms with van der Waals surface area (Å²) in [4.78, 5) is 11.1. The van der Waals surface area contributed by atoms with E-state index in [0.717, 1.165) is 18.2 Å². The van der Waals surface area contributed by atoms with Crippen LogP contribution in [0.3, 0.4) is 0 Å². The maximum Gasteiger partial charge on any atom is 0.365 e. The third-order valence-electron chi connectivity index (χ3n) is 0.957. The highest BCUT2D eigenvalue weighted by atomic mass is 32.2. The van der Waals surface area contributed by atoms with E-state index >= 15 is 0 Å². The first kappa shape index (κ1) is 11.8. The van der Waals surface area contributed by atoms with Crippen LogP contribution in [-0.2, 0) is 9.53 Å². The number of thioether (sulfide) groups is 1. The Morgan fingerprint density at radius 3 is 2.69 bits per heavy atom. The molecule has 0 radical (unpaired) electrons. The Balaban J connectivity index is 4.09. The zero-order valence-electron chi connectivity index (χ0n) is 7.45. The van der Waals surface area contributed by atoms with Gasteiger partial charge in [0, 0.05) is 0 Å². The molecule has 0 aromatic rings. The smallest absolute Gasteiger partial charge is 0.365 e. The third kappa shape index (κ3) is 5.13. The normalized spacial score (nSPS) is 11.0. The van der Waals surface area contributed by atoms with Crippen molar-refractivity contribution in [1.29, 1.82) is 0 Å². The Hall–Kier alpha value is -1.17. The molecule has 0 aliphatic carbocycles. The number of esters is 1. The lowest BCUT2D eigenvalue weighted by Gasteiger charge is -2.03. The highest BCUT2D eigenvalue weighted by Crippen LogP contribution is 2.10. The van der Waals surface area contributed by atoms with E-state index in [1.165, 1.54) is 0 Å². The summed E-state index contributed by atoms with van der Waals surface area (Å²) in [7, 11) is 0. The highest BCUT2D eigenvalue weighted by Gasteiger charge is 2.13. The van der Waals surface area contributed by atoms with Crippen LogP contribution in [0.15, 0.2) is 16.7 Å². The van der Waals surface area contributed by atoms with E-state index in [0.29, 0.717) is 6.61 Å². The largest absolute Gasteiger partial charge is 0.461 e. The second-order valence-electron chi connectivity index (χ2n) is 2.14. The maximum atomic E-state index is 11.1. The van der Waals surface area contributed by atoms with Gasteiger partial charge in [0.05, 0.1) is 11.6 Å². The first-order valence-electron chi connectivity index (χ1n) is 3.69. The lowest BCUT2D eigenvalue weighted by Crippen LogP contribution is -2.17. The molecule has 4 N–H and O–H groups in total. The molecule has 6 heteroatoms. The van der Waals surface area contributed by atoms with Crippen molar-refractivity contribution < 1.29 is 9.53 Å². The zero-order chi connectivity index (χ0) is 10.3. The number of hydrogen-bond acceptors (Lipinski definition) is 6. The van der Waals surface area contributed by atoms with Crippen molar-refractivity contribution in [2.24, 2.45) is 16.7 Å². The Morgan fingerprint density at radius 2 is 2.31 bits per heavy atom. The molecule has 0 rings (SSSR count). The van der Waals surface area contributed by atoms with Gasteiger partial charge in [-0.1, -0.05) is 13.5 Å². The number of ether oxygens (including phenoxy) is 1. The van der Waals surface area contributed by atoms with Gasteiger partial charge in [0.15, 0.2) is 0 Å². The van der Waals surface area contributed by atoms with Gasteiger partial charge in [0.2, 0.25) is 5.04 Å². The van der Waals surface area contributed by atoms with Gasteiger partial charge in [-0.05, 0) is 18.2 Å². The van der Waals surface area contributed by atoms with E-state index in [2.05, 4.69) is 11.7 Å². The fourth-order valence-corrected chi connectivity index (χ4v) is 0.945. The SMILES string of the molecule is C=C(N)S/C(=N\N)C(=O)OCCC. The number of nitrogens with two attached hydrogens (primary N) is 2. The summed E-state index contributed by atoms with van der Waals surface area (Å²) in [6.07, 6.45) is 0.748. The minimum Gasteiger partial charge on any atom is -0.461 e. The topological polar surface area (TPSA) is 90.7 Å². The number of nitrogens with zero attached hydrogens (tertiary/aromatic N) is 1. The summed E-state index contributed by atoms with van der Waals surface area (Å²) in [5.74, 6) is 4.39. The maximum absolute atomic E-state index is 11.1. The average Bonchev–Trinajstić information content (AvgIpc) is 2.09. The van der Waals surface area contributed by atoms with Crippen molar-refractivity contribution in [3.63, 3.8) is 0 Å². The second-order valence-corrected chi connectivity index (χ2v) is 3.25. The Kier molecular flexibility index (Phi) is 5.79. The molecule has 0 atom stereocenters. The van der Waals surface area contributed by atoms with E-state index in [1.807, 2.05) is 6.92 Å². The number of carbonyl (C=O) groups excluding carboxylic acids is 1. The van der Waals surface area contributed by atoms with Crippen LogP contribution in [0.25, 0.3) is 0 Å². The van der Waals surface area contributed by atoms with Crippen molar-refractivity contribution in [1.82, 2.24) is 0 Å².